The largest absolute Gasteiger partial charge is 0.380 e. The first-order valence-electron chi connectivity index (χ1n) is 9.00. The number of nitrogens with one attached hydrogen (secondary N) is 2. The maximum absolute atomic E-state index is 12.4. The average molecular weight is 368 g/mol. The van der Waals surface area contributed by atoms with Crippen molar-refractivity contribution in [2.75, 3.05) is 19.0 Å². The van der Waals surface area contributed by atoms with E-state index in [1.165, 1.54) is 0 Å². The molecule has 0 spiro atoms. The molecule has 3 amide bonds. The maximum atomic E-state index is 12.4. The quantitative estimate of drug-likeness (QED) is 0.821. The van der Waals surface area contributed by atoms with Crippen LogP contribution in [0.4, 0.5) is 10.5 Å². The van der Waals surface area contributed by atoms with Gasteiger partial charge in [0.15, 0.2) is 0 Å². The molecule has 7 heteroatoms. The van der Waals surface area contributed by atoms with E-state index in [-0.39, 0.29) is 18.0 Å². The molecule has 2 heterocycles. The zero-order valence-electron chi connectivity index (χ0n) is 15.6. The van der Waals surface area contributed by atoms with Gasteiger partial charge >= 0.3 is 6.03 Å². The molecule has 2 aromatic rings. The Morgan fingerprint density at radius 1 is 1.22 bits per heavy atom. The van der Waals surface area contributed by atoms with E-state index in [1.807, 2.05) is 19.1 Å². The lowest BCUT2D eigenvalue weighted by atomic mass is 10.2. The topological polar surface area (TPSA) is 83.6 Å². The summed E-state index contributed by atoms with van der Waals surface area (Å²) in [6.45, 7) is 3.52. The number of nitrogens with zero attached hydrogens (tertiary/aromatic N) is 2. The monoisotopic (exact) mass is 368 g/mol. The van der Waals surface area contributed by atoms with Gasteiger partial charge in [-0.25, -0.2) is 4.79 Å². The van der Waals surface area contributed by atoms with E-state index in [0.29, 0.717) is 30.9 Å². The second-order valence-electron chi connectivity index (χ2n) is 6.45. The first kappa shape index (κ1) is 18.8. The van der Waals surface area contributed by atoms with Crippen molar-refractivity contribution in [2.24, 2.45) is 0 Å². The minimum atomic E-state index is -0.184. The molecule has 0 fully saturated rings. The van der Waals surface area contributed by atoms with Gasteiger partial charge in [-0.3, -0.25) is 9.78 Å². The van der Waals surface area contributed by atoms with Crippen molar-refractivity contribution >= 4 is 17.6 Å². The Labute approximate surface area is 158 Å². The lowest BCUT2D eigenvalue weighted by Crippen LogP contribution is -2.32. The zero-order chi connectivity index (χ0) is 19.2. The molecule has 3 rings (SSSR count). The van der Waals surface area contributed by atoms with Crippen molar-refractivity contribution in [3.8, 4) is 0 Å². The van der Waals surface area contributed by atoms with E-state index in [4.69, 9.17) is 4.74 Å². The van der Waals surface area contributed by atoms with Gasteiger partial charge in [-0.2, -0.15) is 0 Å². The van der Waals surface area contributed by atoms with Gasteiger partial charge in [0, 0.05) is 37.6 Å². The van der Waals surface area contributed by atoms with Crippen molar-refractivity contribution in [2.45, 2.75) is 32.5 Å². The highest BCUT2D eigenvalue weighted by atomic mass is 16.5. The Bertz CT molecular complexity index is 778. The Hall–Kier alpha value is -2.93. The third kappa shape index (κ3) is 4.62. The number of urea groups is 1. The summed E-state index contributed by atoms with van der Waals surface area (Å²) >= 11 is 0. The summed E-state index contributed by atoms with van der Waals surface area (Å²) in [5.41, 5.74) is 3.18. The van der Waals surface area contributed by atoms with E-state index < -0.39 is 0 Å². The number of amides is 3. The van der Waals surface area contributed by atoms with E-state index >= 15 is 0 Å². The number of carbonyl (C=O) groups is 2. The van der Waals surface area contributed by atoms with Gasteiger partial charge < -0.3 is 20.3 Å². The Kier molecular flexibility index (Phi) is 6.03. The molecule has 7 nitrogen and oxygen atoms in total. The molecule has 1 aromatic carbocycles. The Balaban J connectivity index is 1.53. The molecule has 1 aliphatic heterocycles. The molecule has 142 valence electrons. The predicted octanol–water partition coefficient (Wildman–Crippen LogP) is 2.78. The highest BCUT2D eigenvalue weighted by molar-refractivity contribution is 5.95. The number of fused-ring (bicyclic) bond motifs is 1. The number of hydrogen-bond donors (Lipinski definition) is 2. The molecule has 0 saturated carbocycles. The fourth-order valence-electron chi connectivity index (χ4n) is 2.95. The van der Waals surface area contributed by atoms with Crippen molar-refractivity contribution in [3.05, 3.63) is 59.4 Å². The van der Waals surface area contributed by atoms with Crippen LogP contribution >= 0.6 is 0 Å². The lowest BCUT2D eigenvalue weighted by Gasteiger charge is -2.16. The third-order valence-corrected chi connectivity index (χ3v) is 4.65. The van der Waals surface area contributed by atoms with Crippen LogP contribution in [0.15, 0.2) is 42.6 Å². The van der Waals surface area contributed by atoms with Gasteiger partial charge in [0.25, 0.3) is 5.91 Å². The normalized spacial score (nSPS) is 13.8. The van der Waals surface area contributed by atoms with Crippen LogP contribution in [-0.2, 0) is 17.8 Å². The van der Waals surface area contributed by atoms with Gasteiger partial charge in [-0.15, -0.1) is 0 Å². The molecular weight excluding hydrogens is 344 g/mol. The SMILES string of the molecule is CCC(CNC(=O)c1ccc(NC(=O)N2Cc3cccnc3C2)cc1)OC. The summed E-state index contributed by atoms with van der Waals surface area (Å²) < 4.78 is 5.25. The fraction of sp³-hybridized carbons (Fsp3) is 0.350. The van der Waals surface area contributed by atoms with E-state index in [2.05, 4.69) is 15.6 Å². The average Bonchev–Trinajstić information content (AvgIpc) is 3.13. The van der Waals surface area contributed by atoms with Crippen LogP contribution in [0.2, 0.25) is 0 Å². The molecule has 0 radical (unpaired) electrons. The summed E-state index contributed by atoms with van der Waals surface area (Å²) in [5, 5.41) is 5.71. The number of methoxy groups -OCH3 is 1. The van der Waals surface area contributed by atoms with Crippen LogP contribution in [0.1, 0.15) is 35.0 Å². The van der Waals surface area contributed by atoms with Crippen molar-refractivity contribution in [1.82, 2.24) is 15.2 Å². The number of anilines is 1. The molecule has 0 aliphatic carbocycles. The minimum absolute atomic E-state index is 0.00610. The van der Waals surface area contributed by atoms with Crippen LogP contribution in [0, 0.1) is 0 Å². The maximum Gasteiger partial charge on any atom is 0.322 e. The standard InChI is InChI=1S/C20H24N4O3/c1-3-17(27-2)11-22-19(25)14-6-8-16(9-7-14)23-20(26)24-12-15-5-4-10-21-18(15)13-24/h4-10,17H,3,11-13H2,1-2H3,(H,22,25)(H,23,26). The van der Waals surface area contributed by atoms with Gasteiger partial charge in [0.05, 0.1) is 18.3 Å². The van der Waals surface area contributed by atoms with Gasteiger partial charge in [-0.1, -0.05) is 13.0 Å². The van der Waals surface area contributed by atoms with E-state index in [0.717, 1.165) is 17.7 Å². The second kappa shape index (κ2) is 8.64. The molecular formula is C20H24N4O3. The molecule has 0 saturated heterocycles. The number of benzene rings is 1. The van der Waals surface area contributed by atoms with Crippen LogP contribution in [0.3, 0.4) is 0 Å². The molecule has 1 aromatic heterocycles. The molecule has 1 atom stereocenters. The molecule has 27 heavy (non-hydrogen) atoms. The summed E-state index contributed by atoms with van der Waals surface area (Å²) in [4.78, 5) is 30.6. The lowest BCUT2D eigenvalue weighted by molar-refractivity contribution is 0.0815. The van der Waals surface area contributed by atoms with Crippen molar-refractivity contribution in [1.29, 1.82) is 0 Å². The van der Waals surface area contributed by atoms with Crippen LogP contribution in [0.5, 0.6) is 0 Å². The summed E-state index contributed by atoms with van der Waals surface area (Å²) in [7, 11) is 1.63. The van der Waals surface area contributed by atoms with Gasteiger partial charge in [0.1, 0.15) is 0 Å². The number of aromatic nitrogens is 1. The third-order valence-electron chi connectivity index (χ3n) is 4.65. The number of pyridine rings is 1. The van der Waals surface area contributed by atoms with Gasteiger partial charge in [-0.05, 0) is 42.3 Å². The second-order valence-corrected chi connectivity index (χ2v) is 6.45. The number of rotatable bonds is 6. The highest BCUT2D eigenvalue weighted by Gasteiger charge is 2.24. The van der Waals surface area contributed by atoms with Crippen LogP contribution in [-0.4, -0.2) is 41.6 Å². The van der Waals surface area contributed by atoms with Gasteiger partial charge in [0.2, 0.25) is 0 Å². The molecule has 2 N–H and O–H groups in total. The molecule has 1 aliphatic rings. The first-order valence-corrected chi connectivity index (χ1v) is 9.00. The van der Waals surface area contributed by atoms with Crippen molar-refractivity contribution in [3.63, 3.8) is 0 Å². The fourth-order valence-corrected chi connectivity index (χ4v) is 2.95. The smallest absolute Gasteiger partial charge is 0.322 e. The molecule has 0 bridgehead atoms. The number of hydrogen-bond acceptors (Lipinski definition) is 4. The van der Waals surface area contributed by atoms with E-state index in [1.54, 1.807) is 42.5 Å². The molecule has 1 unspecified atom stereocenters. The Morgan fingerprint density at radius 2 is 2.00 bits per heavy atom. The minimum Gasteiger partial charge on any atom is -0.380 e. The number of carbonyl (C=O) groups excluding carboxylic acids is 2. The first-order chi connectivity index (χ1) is 13.1. The Morgan fingerprint density at radius 3 is 2.67 bits per heavy atom. The highest BCUT2D eigenvalue weighted by Crippen LogP contribution is 2.21. The summed E-state index contributed by atoms with van der Waals surface area (Å²) in [6.07, 6.45) is 2.57. The van der Waals surface area contributed by atoms with Crippen LogP contribution < -0.4 is 10.6 Å². The number of ether oxygens (including phenoxy) is 1. The summed E-state index contributed by atoms with van der Waals surface area (Å²) in [5.74, 6) is -0.163. The summed E-state index contributed by atoms with van der Waals surface area (Å²) in [6, 6.07) is 10.5. The van der Waals surface area contributed by atoms with Crippen LogP contribution in [0.25, 0.3) is 0 Å². The van der Waals surface area contributed by atoms with E-state index in [9.17, 15) is 9.59 Å². The predicted molar refractivity (Wildman–Crippen MR) is 102 cm³/mol. The zero-order valence-corrected chi connectivity index (χ0v) is 15.6. The van der Waals surface area contributed by atoms with Crippen molar-refractivity contribution < 1.29 is 14.3 Å².